The van der Waals surface area contributed by atoms with Gasteiger partial charge in [-0.3, -0.25) is 4.90 Å². The molecule has 0 radical (unpaired) electrons. The van der Waals surface area contributed by atoms with Crippen molar-refractivity contribution < 1.29 is 14.6 Å². The Kier molecular flexibility index (Phi) is 9.23. The van der Waals surface area contributed by atoms with Crippen LogP contribution in [-0.2, 0) is 6.54 Å². The second kappa shape index (κ2) is 11.4. The molecule has 1 atom stereocenters. The molecule has 5 nitrogen and oxygen atoms in total. The molecule has 1 aromatic rings. The first-order valence-electron chi connectivity index (χ1n) is 10.1. The molecule has 1 aromatic carbocycles. The highest BCUT2D eigenvalue weighted by Gasteiger charge is 2.14. The van der Waals surface area contributed by atoms with Gasteiger partial charge in [-0.15, -0.1) is 0 Å². The lowest BCUT2D eigenvalue weighted by Crippen LogP contribution is -2.35. The van der Waals surface area contributed by atoms with E-state index in [1.807, 2.05) is 6.07 Å². The number of hydrogen-bond acceptors (Lipinski definition) is 5. The Morgan fingerprint density at radius 3 is 2.38 bits per heavy atom. The minimum absolute atomic E-state index is 0.278. The molecule has 5 heteroatoms. The maximum absolute atomic E-state index is 10.3. The van der Waals surface area contributed by atoms with E-state index in [0.29, 0.717) is 6.54 Å². The fourth-order valence-electron chi connectivity index (χ4n) is 3.50. The van der Waals surface area contributed by atoms with Crippen molar-refractivity contribution in [2.75, 3.05) is 46.4 Å². The average Bonchev–Trinajstić information content (AvgIpc) is 2.93. The first-order chi connectivity index (χ1) is 12.7. The van der Waals surface area contributed by atoms with Crippen molar-refractivity contribution in [3.8, 4) is 11.5 Å². The number of aliphatic hydroxyl groups excluding tert-OH is 1. The van der Waals surface area contributed by atoms with Crippen molar-refractivity contribution in [1.82, 2.24) is 9.80 Å². The van der Waals surface area contributed by atoms with Gasteiger partial charge in [-0.2, -0.15) is 0 Å². The van der Waals surface area contributed by atoms with Crippen LogP contribution in [0.25, 0.3) is 0 Å². The summed E-state index contributed by atoms with van der Waals surface area (Å²) in [4.78, 5) is 4.72. The Bertz CT molecular complexity index is 512. The molecular weight excluding hydrogens is 328 g/mol. The predicted octanol–water partition coefficient (Wildman–Crippen LogP) is 3.15. The molecule has 0 aliphatic carbocycles. The van der Waals surface area contributed by atoms with Gasteiger partial charge in [-0.05, 0) is 56.7 Å². The van der Waals surface area contributed by atoms with Crippen LogP contribution in [0.1, 0.15) is 45.1 Å². The molecule has 1 aliphatic rings. The Labute approximate surface area is 158 Å². The summed E-state index contributed by atoms with van der Waals surface area (Å²) in [5.41, 5.74) is 1.24. The number of nitrogens with zero attached hydrogens (tertiary/aromatic N) is 2. The molecule has 0 spiro atoms. The molecule has 2 rings (SSSR count). The summed E-state index contributed by atoms with van der Waals surface area (Å²) in [5, 5.41) is 10.3. The fraction of sp³-hybridized carbons (Fsp3) is 0.714. The maximum Gasteiger partial charge on any atom is 0.161 e. The summed E-state index contributed by atoms with van der Waals surface area (Å²) >= 11 is 0. The summed E-state index contributed by atoms with van der Waals surface area (Å²) in [6.07, 6.45) is 4.76. The van der Waals surface area contributed by atoms with Crippen molar-refractivity contribution in [3.05, 3.63) is 23.8 Å². The Balaban J connectivity index is 1.95. The number of ether oxygens (including phenoxy) is 2. The predicted molar refractivity (Wildman–Crippen MR) is 106 cm³/mol. The van der Waals surface area contributed by atoms with Crippen molar-refractivity contribution in [1.29, 1.82) is 0 Å². The number of methoxy groups -OCH3 is 1. The number of aliphatic hydroxyl groups is 1. The highest BCUT2D eigenvalue weighted by Crippen LogP contribution is 2.29. The number of hydrogen-bond donors (Lipinski definition) is 1. The Hall–Kier alpha value is -1.30. The summed E-state index contributed by atoms with van der Waals surface area (Å²) in [5.74, 6) is 1.44. The molecule has 1 unspecified atom stereocenters. The normalized spacial score (nSPS) is 17.1. The summed E-state index contributed by atoms with van der Waals surface area (Å²) in [6, 6.07) is 6.15. The van der Waals surface area contributed by atoms with Crippen LogP contribution in [0.4, 0.5) is 0 Å². The SMILES string of the molecule is CCN(CC)CC(O)COc1cc(CN2CCCCCC2)ccc1OC. The molecule has 0 amide bonds. The van der Waals surface area contributed by atoms with Crippen LogP contribution in [0.3, 0.4) is 0 Å². The summed E-state index contributed by atoms with van der Waals surface area (Å²) < 4.78 is 11.3. The van der Waals surface area contributed by atoms with Crippen molar-refractivity contribution in [2.24, 2.45) is 0 Å². The van der Waals surface area contributed by atoms with Gasteiger partial charge in [0, 0.05) is 13.1 Å². The van der Waals surface area contributed by atoms with Crippen LogP contribution in [0.2, 0.25) is 0 Å². The fourth-order valence-corrected chi connectivity index (χ4v) is 3.50. The van der Waals surface area contributed by atoms with Crippen LogP contribution in [-0.4, -0.2) is 67.5 Å². The van der Waals surface area contributed by atoms with Crippen LogP contribution < -0.4 is 9.47 Å². The Morgan fingerprint density at radius 2 is 1.77 bits per heavy atom. The molecule has 0 aromatic heterocycles. The number of likely N-dealkylation sites (N-methyl/N-ethyl adjacent to an activating group) is 1. The molecule has 26 heavy (non-hydrogen) atoms. The minimum atomic E-state index is -0.506. The first kappa shape index (κ1) is 21.0. The zero-order valence-electron chi connectivity index (χ0n) is 16.7. The van der Waals surface area contributed by atoms with Crippen LogP contribution >= 0.6 is 0 Å². The van der Waals surface area contributed by atoms with E-state index >= 15 is 0 Å². The van der Waals surface area contributed by atoms with E-state index < -0.39 is 6.10 Å². The molecule has 0 saturated carbocycles. The van der Waals surface area contributed by atoms with Gasteiger partial charge >= 0.3 is 0 Å². The van der Waals surface area contributed by atoms with Gasteiger partial charge in [-0.1, -0.05) is 32.8 Å². The topological polar surface area (TPSA) is 45.2 Å². The van der Waals surface area contributed by atoms with Gasteiger partial charge in [0.2, 0.25) is 0 Å². The smallest absolute Gasteiger partial charge is 0.161 e. The molecule has 0 bridgehead atoms. The average molecular weight is 365 g/mol. The maximum atomic E-state index is 10.3. The summed E-state index contributed by atoms with van der Waals surface area (Å²) in [6.45, 7) is 10.3. The van der Waals surface area contributed by atoms with E-state index in [1.165, 1.54) is 44.3 Å². The minimum Gasteiger partial charge on any atom is -0.493 e. The van der Waals surface area contributed by atoms with Gasteiger partial charge in [0.05, 0.1) is 7.11 Å². The summed E-state index contributed by atoms with van der Waals surface area (Å²) in [7, 11) is 1.66. The monoisotopic (exact) mass is 364 g/mol. The Morgan fingerprint density at radius 1 is 1.08 bits per heavy atom. The number of rotatable bonds is 10. The van der Waals surface area contributed by atoms with Crippen molar-refractivity contribution >= 4 is 0 Å². The molecule has 1 saturated heterocycles. The third kappa shape index (κ3) is 6.78. The van der Waals surface area contributed by atoms with E-state index in [2.05, 4.69) is 35.8 Å². The van der Waals surface area contributed by atoms with Crippen LogP contribution in [0.5, 0.6) is 11.5 Å². The van der Waals surface area contributed by atoms with E-state index in [9.17, 15) is 5.11 Å². The van der Waals surface area contributed by atoms with Gasteiger partial charge in [0.25, 0.3) is 0 Å². The number of likely N-dealkylation sites (tertiary alicyclic amines) is 1. The third-order valence-corrected chi connectivity index (χ3v) is 5.13. The first-order valence-corrected chi connectivity index (χ1v) is 10.1. The standard InChI is InChI=1S/C21H36N2O3/c1-4-22(5-2)16-19(24)17-26-21-14-18(10-11-20(21)25-3)15-23-12-8-6-7-9-13-23/h10-11,14,19,24H,4-9,12-13,15-17H2,1-3H3. The van der Waals surface area contributed by atoms with Crippen LogP contribution in [0, 0.1) is 0 Å². The number of benzene rings is 1. The molecule has 1 N–H and O–H groups in total. The molecular formula is C21H36N2O3. The molecule has 1 heterocycles. The second-order valence-electron chi connectivity index (χ2n) is 7.13. The largest absolute Gasteiger partial charge is 0.493 e. The molecule has 1 fully saturated rings. The van der Waals surface area contributed by atoms with E-state index in [1.54, 1.807) is 7.11 Å². The highest BCUT2D eigenvalue weighted by atomic mass is 16.5. The van der Waals surface area contributed by atoms with Crippen molar-refractivity contribution in [3.63, 3.8) is 0 Å². The molecule has 1 aliphatic heterocycles. The van der Waals surface area contributed by atoms with Crippen molar-refractivity contribution in [2.45, 2.75) is 52.2 Å². The lowest BCUT2D eigenvalue weighted by Gasteiger charge is -2.23. The second-order valence-corrected chi connectivity index (χ2v) is 7.13. The molecule has 148 valence electrons. The van der Waals surface area contributed by atoms with E-state index in [0.717, 1.165) is 31.1 Å². The third-order valence-electron chi connectivity index (χ3n) is 5.13. The van der Waals surface area contributed by atoms with Gasteiger partial charge < -0.3 is 19.5 Å². The van der Waals surface area contributed by atoms with Gasteiger partial charge in [0.15, 0.2) is 11.5 Å². The lowest BCUT2D eigenvalue weighted by atomic mass is 10.2. The van der Waals surface area contributed by atoms with E-state index in [4.69, 9.17) is 9.47 Å². The zero-order chi connectivity index (χ0) is 18.8. The highest BCUT2D eigenvalue weighted by molar-refractivity contribution is 5.43. The van der Waals surface area contributed by atoms with Crippen LogP contribution in [0.15, 0.2) is 18.2 Å². The van der Waals surface area contributed by atoms with Gasteiger partial charge in [0.1, 0.15) is 12.7 Å². The quantitative estimate of drug-likeness (QED) is 0.691. The zero-order valence-corrected chi connectivity index (χ0v) is 16.7. The van der Waals surface area contributed by atoms with Gasteiger partial charge in [-0.25, -0.2) is 0 Å². The lowest BCUT2D eigenvalue weighted by molar-refractivity contribution is 0.0705. The van der Waals surface area contributed by atoms with E-state index in [-0.39, 0.29) is 6.61 Å².